The monoisotopic (exact) mass is 428 g/mol. The molecule has 0 atom stereocenters. The molecule has 1 fully saturated rings. The first-order chi connectivity index (χ1) is 12.7. The predicted octanol–water partition coefficient (Wildman–Crippen LogP) is 3.05. The Morgan fingerprint density at radius 3 is 2.68 bits per heavy atom. The second kappa shape index (κ2) is 10.1. The normalized spacial score (nSPS) is 19.2. The molecule has 28 heavy (non-hydrogen) atoms. The van der Waals surface area contributed by atoms with Gasteiger partial charge in [0.1, 0.15) is 12.4 Å². The quantitative estimate of drug-likeness (QED) is 0.699. The zero-order valence-electron chi connectivity index (χ0n) is 15.7. The second-order valence-electron chi connectivity index (χ2n) is 6.82. The van der Waals surface area contributed by atoms with Crippen molar-refractivity contribution in [3.63, 3.8) is 0 Å². The van der Waals surface area contributed by atoms with Gasteiger partial charge in [-0.25, -0.2) is 9.97 Å². The van der Waals surface area contributed by atoms with E-state index in [2.05, 4.69) is 21.4 Å². The first-order valence-corrected chi connectivity index (χ1v) is 8.96. The van der Waals surface area contributed by atoms with Crippen LogP contribution in [0.4, 0.5) is 5.82 Å². The van der Waals surface area contributed by atoms with E-state index in [0.717, 1.165) is 48.8 Å². The van der Waals surface area contributed by atoms with Crippen LogP contribution in [0.1, 0.15) is 35.8 Å². The number of hydrogen-bond acceptors (Lipinski definition) is 7. The number of nitrogens with one attached hydrogen (secondary N) is 1. The van der Waals surface area contributed by atoms with E-state index in [1.807, 2.05) is 18.2 Å². The third-order valence-corrected chi connectivity index (χ3v) is 4.82. The van der Waals surface area contributed by atoms with Crippen LogP contribution in [0.25, 0.3) is 0 Å². The lowest BCUT2D eigenvalue weighted by Crippen LogP contribution is -2.35. The second-order valence-corrected chi connectivity index (χ2v) is 6.82. The number of ether oxygens (including phenoxy) is 3. The van der Waals surface area contributed by atoms with Gasteiger partial charge in [0, 0.05) is 37.4 Å². The Kier molecular flexibility index (Phi) is 8.12. The molecule has 0 saturated heterocycles. The Labute approximate surface area is 177 Å². The third-order valence-electron chi connectivity index (χ3n) is 4.82. The van der Waals surface area contributed by atoms with Gasteiger partial charge in [-0.1, -0.05) is 6.07 Å². The SMILES string of the molecule is COCc1nc(NCCc2ccc3c(c2)OCO3)cc(C2CC(N)C2)n1.Cl.Cl. The fraction of sp³-hybridized carbons (Fsp3) is 0.474. The number of rotatable bonds is 7. The van der Waals surface area contributed by atoms with Crippen molar-refractivity contribution < 1.29 is 14.2 Å². The molecule has 1 aliphatic carbocycles. The van der Waals surface area contributed by atoms with E-state index in [4.69, 9.17) is 19.9 Å². The summed E-state index contributed by atoms with van der Waals surface area (Å²) in [6.07, 6.45) is 2.84. The van der Waals surface area contributed by atoms with Crippen LogP contribution in [-0.2, 0) is 17.8 Å². The van der Waals surface area contributed by atoms with Crippen molar-refractivity contribution >= 4 is 30.6 Å². The molecule has 1 aromatic carbocycles. The van der Waals surface area contributed by atoms with Crippen molar-refractivity contribution in [1.29, 1.82) is 0 Å². The van der Waals surface area contributed by atoms with Gasteiger partial charge in [0.15, 0.2) is 17.3 Å². The molecular formula is C19H26Cl2N4O3. The summed E-state index contributed by atoms with van der Waals surface area (Å²) < 4.78 is 16.0. The van der Waals surface area contributed by atoms with Crippen molar-refractivity contribution in [2.24, 2.45) is 5.73 Å². The maximum atomic E-state index is 5.92. The van der Waals surface area contributed by atoms with E-state index in [1.54, 1.807) is 7.11 Å². The number of benzene rings is 1. The molecule has 1 saturated carbocycles. The van der Waals surface area contributed by atoms with Crippen molar-refractivity contribution in [2.75, 3.05) is 25.8 Å². The fourth-order valence-corrected chi connectivity index (χ4v) is 3.35. The summed E-state index contributed by atoms with van der Waals surface area (Å²) in [4.78, 5) is 9.17. The van der Waals surface area contributed by atoms with E-state index in [-0.39, 0.29) is 24.8 Å². The first-order valence-electron chi connectivity index (χ1n) is 8.96. The molecule has 4 rings (SSSR count). The minimum Gasteiger partial charge on any atom is -0.454 e. The lowest BCUT2D eigenvalue weighted by atomic mass is 9.78. The molecule has 0 radical (unpaired) electrons. The van der Waals surface area contributed by atoms with Gasteiger partial charge in [-0.3, -0.25) is 0 Å². The predicted molar refractivity (Wildman–Crippen MR) is 112 cm³/mol. The molecule has 2 heterocycles. The highest BCUT2D eigenvalue weighted by Gasteiger charge is 2.29. The largest absolute Gasteiger partial charge is 0.454 e. The van der Waals surface area contributed by atoms with Crippen LogP contribution in [0.5, 0.6) is 11.5 Å². The highest BCUT2D eigenvalue weighted by atomic mass is 35.5. The van der Waals surface area contributed by atoms with Crippen molar-refractivity contribution in [3.05, 3.63) is 41.3 Å². The molecular weight excluding hydrogens is 403 g/mol. The number of methoxy groups -OCH3 is 1. The fourth-order valence-electron chi connectivity index (χ4n) is 3.35. The summed E-state index contributed by atoms with van der Waals surface area (Å²) in [5, 5.41) is 3.40. The molecule has 1 aliphatic heterocycles. The zero-order chi connectivity index (χ0) is 17.9. The number of fused-ring (bicyclic) bond motifs is 1. The van der Waals surface area contributed by atoms with Crippen LogP contribution in [0.2, 0.25) is 0 Å². The van der Waals surface area contributed by atoms with Crippen molar-refractivity contribution in [1.82, 2.24) is 9.97 Å². The summed E-state index contributed by atoms with van der Waals surface area (Å²) in [5.74, 6) is 3.60. The van der Waals surface area contributed by atoms with Gasteiger partial charge in [-0.2, -0.15) is 0 Å². The zero-order valence-corrected chi connectivity index (χ0v) is 17.4. The topological polar surface area (TPSA) is 91.5 Å². The van der Waals surface area contributed by atoms with Crippen LogP contribution < -0.4 is 20.5 Å². The molecule has 0 amide bonds. The Hall–Kier alpha value is -1.80. The maximum absolute atomic E-state index is 5.92. The summed E-state index contributed by atoms with van der Waals surface area (Å²) in [6.45, 7) is 1.48. The summed E-state index contributed by atoms with van der Waals surface area (Å²) in [6, 6.07) is 8.38. The number of hydrogen-bond donors (Lipinski definition) is 2. The Morgan fingerprint density at radius 2 is 1.93 bits per heavy atom. The highest BCUT2D eigenvalue weighted by Crippen LogP contribution is 2.35. The van der Waals surface area contributed by atoms with Gasteiger partial charge in [0.25, 0.3) is 0 Å². The van der Waals surface area contributed by atoms with Gasteiger partial charge in [-0.15, -0.1) is 24.8 Å². The molecule has 2 aromatic rings. The number of halogens is 2. The average molecular weight is 429 g/mol. The highest BCUT2D eigenvalue weighted by molar-refractivity contribution is 5.85. The summed E-state index contributed by atoms with van der Waals surface area (Å²) in [5.41, 5.74) is 8.17. The van der Waals surface area contributed by atoms with E-state index in [9.17, 15) is 0 Å². The van der Waals surface area contributed by atoms with Gasteiger partial charge in [0.2, 0.25) is 6.79 Å². The molecule has 154 valence electrons. The van der Waals surface area contributed by atoms with E-state index in [0.29, 0.717) is 31.2 Å². The minimum absolute atomic E-state index is 0. The van der Waals surface area contributed by atoms with Gasteiger partial charge >= 0.3 is 0 Å². The molecule has 3 N–H and O–H groups in total. The Bertz CT molecular complexity index is 788. The molecule has 0 unspecified atom stereocenters. The number of anilines is 1. The summed E-state index contributed by atoms with van der Waals surface area (Å²) >= 11 is 0. The van der Waals surface area contributed by atoms with Gasteiger partial charge in [0.05, 0.1) is 0 Å². The third kappa shape index (κ3) is 5.17. The van der Waals surface area contributed by atoms with Crippen LogP contribution in [-0.4, -0.2) is 36.5 Å². The molecule has 1 aromatic heterocycles. The smallest absolute Gasteiger partial charge is 0.231 e. The standard InChI is InChI=1S/C19H24N4O3.2ClH/c1-24-10-19-22-15(13-7-14(20)8-13)9-18(23-19)21-5-4-12-2-3-16-17(6-12)26-11-25-16;;/h2-3,6,9,13-14H,4-5,7-8,10-11,20H2,1H3,(H,21,22,23);2*1H. The number of aromatic nitrogens is 2. The number of nitrogens with two attached hydrogens (primary N) is 1. The van der Waals surface area contributed by atoms with E-state index < -0.39 is 0 Å². The molecule has 9 heteroatoms. The average Bonchev–Trinajstić information content (AvgIpc) is 3.07. The molecule has 7 nitrogen and oxygen atoms in total. The van der Waals surface area contributed by atoms with Gasteiger partial charge in [-0.05, 0) is 37.0 Å². The van der Waals surface area contributed by atoms with Gasteiger partial charge < -0.3 is 25.3 Å². The molecule has 2 aliphatic rings. The minimum atomic E-state index is 0. The van der Waals surface area contributed by atoms with Crippen molar-refractivity contribution in [2.45, 2.75) is 37.8 Å². The lowest BCUT2D eigenvalue weighted by Gasteiger charge is -2.32. The van der Waals surface area contributed by atoms with Crippen LogP contribution in [0.3, 0.4) is 0 Å². The molecule has 0 spiro atoms. The summed E-state index contributed by atoms with van der Waals surface area (Å²) in [7, 11) is 1.65. The first kappa shape index (κ1) is 22.5. The molecule has 0 bridgehead atoms. The van der Waals surface area contributed by atoms with E-state index in [1.165, 1.54) is 5.56 Å². The Morgan fingerprint density at radius 1 is 1.14 bits per heavy atom. The lowest BCUT2D eigenvalue weighted by molar-refractivity contribution is 0.174. The van der Waals surface area contributed by atoms with Crippen molar-refractivity contribution in [3.8, 4) is 11.5 Å². The van der Waals surface area contributed by atoms with Crippen LogP contribution in [0.15, 0.2) is 24.3 Å². The number of nitrogens with zero attached hydrogens (tertiary/aromatic N) is 2. The Balaban J connectivity index is 0.00000140. The van der Waals surface area contributed by atoms with E-state index >= 15 is 0 Å². The van der Waals surface area contributed by atoms with Crippen LogP contribution >= 0.6 is 24.8 Å². The van der Waals surface area contributed by atoms with Crippen LogP contribution in [0, 0.1) is 0 Å². The maximum Gasteiger partial charge on any atom is 0.231 e.